The Kier molecular flexibility index (Phi) is 3.37. The van der Waals surface area contributed by atoms with Gasteiger partial charge in [-0.2, -0.15) is 0 Å². The van der Waals surface area contributed by atoms with Crippen LogP contribution in [0.2, 0.25) is 0 Å². The van der Waals surface area contributed by atoms with Crippen molar-refractivity contribution in [3.05, 3.63) is 0 Å². The van der Waals surface area contributed by atoms with Crippen molar-refractivity contribution < 1.29 is 19.8 Å². The largest absolute Gasteiger partial charge is 0.480 e. The molecule has 0 radical (unpaired) electrons. The maximum atomic E-state index is 11.3. The van der Waals surface area contributed by atoms with E-state index in [2.05, 4.69) is 0 Å². The molecule has 0 saturated heterocycles. The van der Waals surface area contributed by atoms with Crippen LogP contribution in [0.1, 0.15) is 39.5 Å². The van der Waals surface area contributed by atoms with Crippen LogP contribution >= 0.6 is 0 Å². The van der Waals surface area contributed by atoms with Crippen molar-refractivity contribution in [3.63, 3.8) is 0 Å². The molecule has 0 aromatic heterocycles. The molecule has 0 unspecified atom stereocenters. The zero-order valence-corrected chi connectivity index (χ0v) is 9.19. The Morgan fingerprint density at radius 2 is 1.53 bits per heavy atom. The minimum absolute atomic E-state index is 0.215. The minimum atomic E-state index is -1.59. The van der Waals surface area contributed by atoms with E-state index >= 15 is 0 Å². The average molecular weight is 214 g/mol. The van der Waals surface area contributed by atoms with Crippen molar-refractivity contribution in [3.8, 4) is 0 Å². The molecule has 1 rings (SSSR count). The fourth-order valence-electron chi connectivity index (χ4n) is 2.79. The van der Waals surface area contributed by atoms with E-state index in [1.807, 2.05) is 0 Å². The molecular weight excluding hydrogens is 196 g/mol. The fraction of sp³-hybridized carbons (Fsp3) is 0.818. The second kappa shape index (κ2) is 4.21. The predicted octanol–water partition coefficient (Wildman–Crippen LogP) is 1.99. The molecule has 1 aliphatic rings. The van der Waals surface area contributed by atoms with Gasteiger partial charge in [-0.1, -0.05) is 26.7 Å². The van der Waals surface area contributed by atoms with Crippen LogP contribution in [-0.4, -0.2) is 22.2 Å². The van der Waals surface area contributed by atoms with E-state index in [1.165, 1.54) is 0 Å². The number of carboxylic acids is 2. The highest BCUT2D eigenvalue weighted by atomic mass is 16.4. The molecule has 2 N–H and O–H groups in total. The number of hydrogen-bond acceptors (Lipinski definition) is 2. The van der Waals surface area contributed by atoms with Crippen molar-refractivity contribution >= 4 is 11.9 Å². The normalized spacial score (nSPS) is 18.3. The highest BCUT2D eigenvalue weighted by molar-refractivity contribution is 5.99. The minimum Gasteiger partial charge on any atom is -0.480 e. The lowest BCUT2D eigenvalue weighted by molar-refractivity contribution is -0.173. The van der Waals surface area contributed by atoms with Gasteiger partial charge in [-0.3, -0.25) is 9.59 Å². The van der Waals surface area contributed by atoms with Crippen LogP contribution in [-0.2, 0) is 9.59 Å². The van der Waals surface area contributed by atoms with Gasteiger partial charge in [-0.25, -0.2) is 0 Å². The summed E-state index contributed by atoms with van der Waals surface area (Å²) >= 11 is 0. The van der Waals surface area contributed by atoms with E-state index in [-0.39, 0.29) is 11.8 Å². The van der Waals surface area contributed by atoms with Crippen LogP contribution < -0.4 is 0 Å². The van der Waals surface area contributed by atoms with E-state index in [1.54, 1.807) is 13.8 Å². The summed E-state index contributed by atoms with van der Waals surface area (Å²) < 4.78 is 0. The number of aliphatic carboxylic acids is 2. The lowest BCUT2D eigenvalue weighted by atomic mass is 9.67. The van der Waals surface area contributed by atoms with E-state index in [4.69, 9.17) is 0 Å². The van der Waals surface area contributed by atoms with Crippen LogP contribution in [0.5, 0.6) is 0 Å². The van der Waals surface area contributed by atoms with Gasteiger partial charge in [0.2, 0.25) is 0 Å². The maximum absolute atomic E-state index is 11.3. The molecule has 0 heterocycles. The standard InChI is InChI=1S/C11H18O4/c1-7(2)11(9(12)13,10(14)15)8-5-3-4-6-8/h7-8H,3-6H2,1-2H3,(H,12,13)(H,14,15). The van der Waals surface area contributed by atoms with Crippen molar-refractivity contribution in [2.75, 3.05) is 0 Å². The van der Waals surface area contributed by atoms with Gasteiger partial charge in [0.25, 0.3) is 0 Å². The third kappa shape index (κ3) is 1.73. The lowest BCUT2D eigenvalue weighted by Crippen LogP contribution is -2.49. The molecule has 0 spiro atoms. The van der Waals surface area contributed by atoms with Crippen molar-refractivity contribution in [2.24, 2.45) is 17.3 Å². The molecule has 0 atom stereocenters. The Balaban J connectivity index is 3.12. The quantitative estimate of drug-likeness (QED) is 0.702. The summed E-state index contributed by atoms with van der Waals surface area (Å²) in [6.07, 6.45) is 3.33. The number of carboxylic acid groups (broad SMARTS) is 2. The first kappa shape index (κ1) is 12.0. The predicted molar refractivity (Wildman–Crippen MR) is 54.5 cm³/mol. The zero-order valence-electron chi connectivity index (χ0n) is 9.19. The Labute approximate surface area is 89.3 Å². The topological polar surface area (TPSA) is 74.6 Å². The van der Waals surface area contributed by atoms with E-state index in [0.29, 0.717) is 0 Å². The lowest BCUT2D eigenvalue weighted by Gasteiger charge is -2.34. The molecule has 1 fully saturated rings. The van der Waals surface area contributed by atoms with Gasteiger partial charge in [0, 0.05) is 0 Å². The van der Waals surface area contributed by atoms with E-state index in [0.717, 1.165) is 25.7 Å². The highest BCUT2D eigenvalue weighted by Gasteiger charge is 2.55. The van der Waals surface area contributed by atoms with Crippen LogP contribution in [0.15, 0.2) is 0 Å². The molecule has 1 aliphatic carbocycles. The molecule has 4 nitrogen and oxygen atoms in total. The molecule has 4 heteroatoms. The Bertz CT molecular complexity index is 250. The summed E-state index contributed by atoms with van der Waals surface area (Å²) in [6, 6.07) is 0. The third-order valence-corrected chi connectivity index (χ3v) is 3.62. The van der Waals surface area contributed by atoms with Crippen LogP contribution in [0.25, 0.3) is 0 Å². The van der Waals surface area contributed by atoms with Crippen molar-refractivity contribution in [2.45, 2.75) is 39.5 Å². The first-order valence-corrected chi connectivity index (χ1v) is 5.40. The molecule has 0 aromatic carbocycles. The fourth-order valence-corrected chi connectivity index (χ4v) is 2.79. The molecule has 0 bridgehead atoms. The monoisotopic (exact) mass is 214 g/mol. The van der Waals surface area contributed by atoms with Gasteiger partial charge in [-0.15, -0.1) is 0 Å². The van der Waals surface area contributed by atoms with Crippen molar-refractivity contribution in [1.82, 2.24) is 0 Å². The Morgan fingerprint density at radius 3 is 1.80 bits per heavy atom. The van der Waals surface area contributed by atoms with Gasteiger partial charge in [0.05, 0.1) is 0 Å². The summed E-state index contributed by atoms with van der Waals surface area (Å²) in [4.78, 5) is 22.6. The number of hydrogen-bond donors (Lipinski definition) is 2. The Hall–Kier alpha value is -1.06. The van der Waals surface area contributed by atoms with Crippen LogP contribution in [0.3, 0.4) is 0 Å². The van der Waals surface area contributed by atoms with Gasteiger partial charge in [-0.05, 0) is 24.7 Å². The summed E-state index contributed by atoms with van der Waals surface area (Å²) in [5.74, 6) is -2.96. The second-order valence-corrected chi connectivity index (χ2v) is 4.62. The van der Waals surface area contributed by atoms with E-state index in [9.17, 15) is 19.8 Å². The molecule has 0 aromatic rings. The van der Waals surface area contributed by atoms with Crippen LogP contribution in [0.4, 0.5) is 0 Å². The summed E-state index contributed by atoms with van der Waals surface area (Å²) in [5.41, 5.74) is -1.59. The Morgan fingerprint density at radius 1 is 1.13 bits per heavy atom. The van der Waals surface area contributed by atoms with Gasteiger partial charge < -0.3 is 10.2 Å². The molecule has 15 heavy (non-hydrogen) atoms. The number of carbonyl (C=O) groups is 2. The first-order valence-electron chi connectivity index (χ1n) is 5.40. The third-order valence-electron chi connectivity index (χ3n) is 3.62. The van der Waals surface area contributed by atoms with Gasteiger partial charge in [0.15, 0.2) is 5.41 Å². The van der Waals surface area contributed by atoms with Crippen LogP contribution in [0, 0.1) is 17.3 Å². The molecule has 86 valence electrons. The summed E-state index contributed by atoms with van der Waals surface area (Å²) in [6.45, 7) is 3.36. The SMILES string of the molecule is CC(C)C(C(=O)O)(C(=O)O)C1CCCC1. The molecular formula is C11H18O4. The molecule has 0 aliphatic heterocycles. The highest BCUT2D eigenvalue weighted by Crippen LogP contribution is 2.45. The molecule has 0 amide bonds. The average Bonchev–Trinajstić information content (AvgIpc) is 2.55. The molecule has 1 saturated carbocycles. The summed E-state index contributed by atoms with van der Waals surface area (Å²) in [5, 5.41) is 18.5. The van der Waals surface area contributed by atoms with Crippen molar-refractivity contribution in [1.29, 1.82) is 0 Å². The summed E-state index contributed by atoms with van der Waals surface area (Å²) in [7, 11) is 0. The maximum Gasteiger partial charge on any atom is 0.321 e. The van der Waals surface area contributed by atoms with Gasteiger partial charge >= 0.3 is 11.9 Å². The van der Waals surface area contributed by atoms with Gasteiger partial charge in [0.1, 0.15) is 0 Å². The van der Waals surface area contributed by atoms with E-state index < -0.39 is 17.4 Å². The first-order chi connectivity index (χ1) is 6.94. The zero-order chi connectivity index (χ0) is 11.6. The smallest absolute Gasteiger partial charge is 0.321 e. The number of rotatable bonds is 4. The second-order valence-electron chi connectivity index (χ2n) is 4.62.